The Kier molecular flexibility index (Phi) is 9.61. The third-order valence-electron chi connectivity index (χ3n) is 9.44. The van der Waals surface area contributed by atoms with E-state index in [2.05, 4.69) is 42.0 Å². The fraction of sp³-hybridized carbons (Fsp3) is 0.600. The highest BCUT2D eigenvalue weighted by Gasteiger charge is 2.75. The lowest BCUT2D eigenvalue weighted by atomic mass is 9.74. The van der Waals surface area contributed by atoms with Gasteiger partial charge in [-0.15, -0.1) is 0 Å². The SMILES string of the molecule is C[C@H]1NC(=O)CC/C=C\CN(C(C)(C)CC(C)(C)C)C(=O)[C@@H]2N(CCO)C(=O)[C@H]3[C@H](C(=O)O[C@@H]1c1ccccc1)[C@H]1O[C@@]23C=C1Br. The van der Waals surface area contributed by atoms with Crippen molar-refractivity contribution in [3.05, 3.63) is 58.6 Å². The van der Waals surface area contributed by atoms with E-state index < -0.39 is 59.1 Å². The van der Waals surface area contributed by atoms with Gasteiger partial charge < -0.3 is 29.7 Å². The van der Waals surface area contributed by atoms with E-state index in [-0.39, 0.29) is 43.3 Å². The predicted molar refractivity (Wildman–Crippen MR) is 175 cm³/mol. The fourth-order valence-electron chi connectivity index (χ4n) is 8.01. The number of benzene rings is 1. The summed E-state index contributed by atoms with van der Waals surface area (Å²) in [4.78, 5) is 59.6. The quantitative estimate of drug-likeness (QED) is 0.351. The van der Waals surface area contributed by atoms with E-state index in [0.29, 0.717) is 22.9 Å². The maximum Gasteiger partial charge on any atom is 0.313 e. The van der Waals surface area contributed by atoms with Crippen molar-refractivity contribution in [2.75, 3.05) is 19.7 Å². The number of β-amino-alcohol motifs (C(OH)–C–C–N with tert-alkyl or cyclic N) is 1. The number of aliphatic hydroxyl groups excluding tert-OH is 1. The van der Waals surface area contributed by atoms with Crippen molar-refractivity contribution in [3.8, 4) is 0 Å². The number of hydrogen-bond acceptors (Lipinski definition) is 7. The molecule has 4 heterocycles. The summed E-state index contributed by atoms with van der Waals surface area (Å²) in [6.07, 6.45) is 5.21. The number of ether oxygens (including phenoxy) is 2. The lowest BCUT2D eigenvalue weighted by Gasteiger charge is -2.45. The van der Waals surface area contributed by atoms with Crippen LogP contribution in [-0.4, -0.2) is 87.6 Å². The van der Waals surface area contributed by atoms with E-state index in [0.717, 1.165) is 0 Å². The van der Waals surface area contributed by atoms with Crippen molar-refractivity contribution in [3.63, 3.8) is 0 Å². The van der Waals surface area contributed by atoms with Crippen LogP contribution in [0.2, 0.25) is 0 Å². The summed E-state index contributed by atoms with van der Waals surface area (Å²) in [5.74, 6) is -3.69. The number of halogens is 1. The molecule has 4 aliphatic rings. The summed E-state index contributed by atoms with van der Waals surface area (Å²) >= 11 is 3.59. The lowest BCUT2D eigenvalue weighted by molar-refractivity contribution is -0.161. The van der Waals surface area contributed by atoms with Crippen molar-refractivity contribution < 1.29 is 33.8 Å². The van der Waals surface area contributed by atoms with Crippen LogP contribution in [0.5, 0.6) is 0 Å². The van der Waals surface area contributed by atoms with E-state index in [1.807, 2.05) is 56.3 Å². The zero-order chi connectivity index (χ0) is 33.6. The van der Waals surface area contributed by atoms with Gasteiger partial charge in [-0.05, 0) is 50.7 Å². The van der Waals surface area contributed by atoms with Gasteiger partial charge in [0.15, 0.2) is 0 Å². The van der Waals surface area contributed by atoms with Gasteiger partial charge in [0.1, 0.15) is 29.8 Å². The third-order valence-corrected chi connectivity index (χ3v) is 10.1. The van der Waals surface area contributed by atoms with Crippen molar-refractivity contribution in [1.29, 1.82) is 0 Å². The number of hydrogen-bond donors (Lipinski definition) is 2. The minimum Gasteiger partial charge on any atom is -0.455 e. The Morgan fingerprint density at radius 1 is 1.02 bits per heavy atom. The van der Waals surface area contributed by atoms with Crippen LogP contribution in [-0.2, 0) is 28.7 Å². The smallest absolute Gasteiger partial charge is 0.313 e. The summed E-state index contributed by atoms with van der Waals surface area (Å²) in [7, 11) is 0. The number of nitrogens with one attached hydrogen (secondary N) is 1. The largest absolute Gasteiger partial charge is 0.455 e. The summed E-state index contributed by atoms with van der Waals surface area (Å²) in [6, 6.07) is 7.49. The molecule has 0 unspecified atom stereocenters. The molecule has 3 amide bonds. The number of cyclic esters (lactones) is 1. The average molecular weight is 701 g/mol. The van der Waals surface area contributed by atoms with Gasteiger partial charge in [0.2, 0.25) is 17.7 Å². The molecule has 10 nitrogen and oxygen atoms in total. The summed E-state index contributed by atoms with van der Waals surface area (Å²) < 4.78 is 13.3. The van der Waals surface area contributed by atoms with Crippen LogP contribution < -0.4 is 5.32 Å². The molecular formula is C35H46BrN3O7. The van der Waals surface area contributed by atoms with Crippen LogP contribution in [0, 0.1) is 17.3 Å². The topological polar surface area (TPSA) is 125 Å². The van der Waals surface area contributed by atoms with Gasteiger partial charge >= 0.3 is 5.97 Å². The zero-order valence-electron chi connectivity index (χ0n) is 27.5. The minimum absolute atomic E-state index is 0.0895. The molecule has 1 aromatic carbocycles. The molecule has 5 rings (SSSR count). The third kappa shape index (κ3) is 6.30. The second-order valence-corrected chi connectivity index (χ2v) is 15.6. The van der Waals surface area contributed by atoms with Gasteiger partial charge in [0.25, 0.3) is 0 Å². The Labute approximate surface area is 279 Å². The number of likely N-dealkylation sites (tertiary alicyclic amines) is 1. The number of esters is 1. The van der Waals surface area contributed by atoms with E-state index in [4.69, 9.17) is 9.47 Å². The molecule has 0 aromatic heterocycles. The van der Waals surface area contributed by atoms with Crippen LogP contribution in [0.4, 0.5) is 0 Å². The molecule has 11 heteroatoms. The molecule has 0 saturated carbocycles. The number of aliphatic hydroxyl groups is 1. The second-order valence-electron chi connectivity index (χ2n) is 14.7. The monoisotopic (exact) mass is 699 g/mol. The first-order chi connectivity index (χ1) is 21.6. The molecule has 46 heavy (non-hydrogen) atoms. The summed E-state index contributed by atoms with van der Waals surface area (Å²) in [6.45, 7) is 11.9. The van der Waals surface area contributed by atoms with E-state index in [1.54, 1.807) is 17.9 Å². The van der Waals surface area contributed by atoms with Crippen molar-refractivity contribution in [2.45, 2.75) is 96.2 Å². The molecular weight excluding hydrogens is 654 g/mol. The van der Waals surface area contributed by atoms with Crippen LogP contribution >= 0.6 is 15.9 Å². The molecule has 7 atom stereocenters. The van der Waals surface area contributed by atoms with Gasteiger partial charge in [-0.25, -0.2) is 0 Å². The molecule has 5 bridgehead atoms. The van der Waals surface area contributed by atoms with Gasteiger partial charge in [-0.3, -0.25) is 19.2 Å². The molecule has 250 valence electrons. The van der Waals surface area contributed by atoms with Gasteiger partial charge in [0.05, 0.1) is 18.6 Å². The molecule has 0 radical (unpaired) electrons. The zero-order valence-corrected chi connectivity index (χ0v) is 29.1. The Hall–Kier alpha value is -3.02. The highest BCUT2D eigenvalue weighted by atomic mass is 79.9. The number of allylic oxidation sites excluding steroid dienone is 1. The summed E-state index contributed by atoms with van der Waals surface area (Å²) in [5, 5.41) is 13.1. The maximum absolute atomic E-state index is 14.9. The molecule has 2 fully saturated rings. The Bertz CT molecular complexity index is 1420. The first-order valence-corrected chi connectivity index (χ1v) is 16.9. The standard InChI is InChI=1S/C35H46BrN3O7/c1-21-27(22-13-9-7-10-14-22)45-32(44)25-26-30(42)38(17-18-40)29(35(26)19-23(36)28(25)46-35)31(43)39(34(5,6)20-33(2,3)4)16-12-8-11-15-24(41)37-21/h7-10,12-14,19,21,25-29,40H,11,15-18,20H2,1-6H3,(H,37,41)/b12-8-/t21-,25+,26-,27+,28+,29+,35-/m1/s1. The first kappa shape index (κ1) is 34.3. The number of carbonyl (C=O) groups excluding carboxylic acids is 4. The van der Waals surface area contributed by atoms with E-state index in [1.165, 1.54) is 4.90 Å². The van der Waals surface area contributed by atoms with Gasteiger partial charge in [-0.2, -0.15) is 0 Å². The molecule has 2 saturated heterocycles. The normalized spacial score (nSPS) is 33.1. The molecule has 2 N–H and O–H groups in total. The fourth-order valence-corrected chi connectivity index (χ4v) is 8.75. The molecule has 0 aliphatic carbocycles. The lowest BCUT2D eigenvalue weighted by Crippen LogP contribution is -2.61. The molecule has 4 aliphatic heterocycles. The van der Waals surface area contributed by atoms with Crippen molar-refractivity contribution in [2.24, 2.45) is 17.3 Å². The molecule has 1 spiro atoms. The van der Waals surface area contributed by atoms with Crippen molar-refractivity contribution >= 4 is 39.6 Å². The van der Waals surface area contributed by atoms with Gasteiger partial charge in [0, 0.05) is 29.5 Å². The predicted octanol–water partition coefficient (Wildman–Crippen LogP) is 4.03. The Morgan fingerprint density at radius 2 is 1.72 bits per heavy atom. The number of amides is 3. The Morgan fingerprint density at radius 3 is 2.37 bits per heavy atom. The molecule has 1 aromatic rings. The number of nitrogens with zero attached hydrogens (tertiary/aromatic N) is 2. The first-order valence-electron chi connectivity index (χ1n) is 16.1. The van der Waals surface area contributed by atoms with Crippen LogP contribution in [0.3, 0.4) is 0 Å². The van der Waals surface area contributed by atoms with E-state index in [9.17, 15) is 24.3 Å². The van der Waals surface area contributed by atoms with E-state index >= 15 is 0 Å². The van der Waals surface area contributed by atoms with Crippen molar-refractivity contribution in [1.82, 2.24) is 15.1 Å². The maximum atomic E-state index is 14.9. The Balaban J connectivity index is 1.63. The highest BCUT2D eigenvalue weighted by molar-refractivity contribution is 9.11. The van der Waals surface area contributed by atoms with Crippen LogP contribution in [0.25, 0.3) is 0 Å². The second kappa shape index (κ2) is 12.9. The number of carbonyl (C=O) groups is 4. The van der Waals surface area contributed by atoms with Gasteiger partial charge in [-0.1, -0.05) is 79.2 Å². The minimum atomic E-state index is -1.44. The van der Waals surface area contributed by atoms with Crippen LogP contribution in [0.1, 0.15) is 72.5 Å². The summed E-state index contributed by atoms with van der Waals surface area (Å²) in [5.41, 5.74) is -1.51. The highest BCUT2D eigenvalue weighted by Crippen LogP contribution is 2.59. The number of rotatable bonds is 5. The van der Waals surface area contributed by atoms with Crippen LogP contribution in [0.15, 0.2) is 53.0 Å². The average Bonchev–Trinajstić information content (AvgIpc) is 3.55. The number of fused-ring (bicyclic) bond motifs is 2.